The van der Waals surface area contributed by atoms with Crippen LogP contribution in [0.4, 0.5) is 13.2 Å². The molecule has 2 fully saturated rings. The molecule has 0 radical (unpaired) electrons. The van der Waals surface area contributed by atoms with Crippen LogP contribution in [0, 0.1) is 29.6 Å². The number of hydrogen-bond donors (Lipinski definition) is 7. The quantitative estimate of drug-likeness (QED) is 0.0865. The number of carbonyl (C=O) groups excluding carboxylic acids is 12. The normalized spacial score (nSPS) is 24.7. The molecular formula is C77H121F3N12O14. The predicted octanol–water partition coefficient (Wildman–Crippen LogP) is 5.00. The average Bonchev–Trinajstić information content (AvgIpc) is 0.814. The molecule has 12 amide bonds. The van der Waals surface area contributed by atoms with Gasteiger partial charge >= 0.3 is 6.18 Å². The fraction of sp³-hybridized carbons (Fsp3) is 0.688. The van der Waals surface area contributed by atoms with Crippen LogP contribution in [0.5, 0.6) is 0 Å². The van der Waals surface area contributed by atoms with Gasteiger partial charge in [0.05, 0.1) is 19.1 Å². The molecule has 2 aliphatic rings. The molecule has 0 saturated carbocycles. The lowest BCUT2D eigenvalue weighted by molar-refractivity contribution is -0.205. The van der Waals surface area contributed by atoms with Gasteiger partial charge in [-0.15, -0.1) is 0 Å². The summed E-state index contributed by atoms with van der Waals surface area (Å²) in [6.07, 6.45) is -9.63. The number of alkyl halides is 3. The molecule has 2 saturated heterocycles. The van der Waals surface area contributed by atoms with E-state index in [-0.39, 0.29) is 56.4 Å². The van der Waals surface area contributed by atoms with Crippen LogP contribution in [-0.4, -0.2) is 256 Å². The van der Waals surface area contributed by atoms with Gasteiger partial charge in [-0.1, -0.05) is 143 Å². The second-order valence-electron chi connectivity index (χ2n) is 30.7. The fourth-order valence-electron chi connectivity index (χ4n) is 13.5. The Morgan fingerprint density at radius 3 is 1.49 bits per heavy atom. The number of aliphatic hydroxyl groups is 2. The van der Waals surface area contributed by atoms with E-state index >= 15 is 33.6 Å². The largest absolute Gasteiger partial charge is 0.414 e. The van der Waals surface area contributed by atoms with E-state index in [0.717, 1.165) is 30.9 Å². The maximum absolute atomic E-state index is 15.5. The molecule has 12 atom stereocenters. The number of amides is 12. The first-order valence-electron chi connectivity index (χ1n) is 37.5. The Hall–Kier alpha value is -8.21. The molecule has 594 valence electrons. The lowest BCUT2D eigenvalue weighted by atomic mass is 9.96. The Bertz CT molecular complexity index is 3250. The Balaban J connectivity index is 2.03. The van der Waals surface area contributed by atoms with E-state index in [0.29, 0.717) is 49.9 Å². The van der Waals surface area contributed by atoms with Gasteiger partial charge in [-0.25, -0.2) is 0 Å². The summed E-state index contributed by atoms with van der Waals surface area (Å²) in [7, 11) is 6.61. The van der Waals surface area contributed by atoms with Crippen molar-refractivity contribution in [3.8, 4) is 0 Å². The molecule has 2 aromatic carbocycles. The summed E-state index contributed by atoms with van der Waals surface area (Å²) in [6, 6.07) is 2.36. The van der Waals surface area contributed by atoms with E-state index in [4.69, 9.17) is 0 Å². The highest BCUT2D eigenvalue weighted by atomic mass is 19.4. The van der Waals surface area contributed by atoms with E-state index in [9.17, 15) is 47.4 Å². The van der Waals surface area contributed by atoms with Crippen molar-refractivity contribution >= 4 is 70.9 Å². The van der Waals surface area contributed by atoms with Gasteiger partial charge in [0, 0.05) is 67.7 Å². The standard InChI is InChI=1S/C77H121F3N12O14/c1-18-19-36-92-45-63(96)86(13)57(40-47(4)5)67(97)81-54(34-29-35-61(94)77(78,79)80)71(101)89(16)60(43-53-32-25-21-26-33-53)74(104)90(17)66(50(10)11)70(100)83-56(73(103)91-37-27-22-28-38-91)44-62(95)84-64(49(8)9)75(105)88(15)59(42-52-30-23-20-24-31-52)68(98)82-55(39-46(2)3)72(102)87(14)58(41-48(6)7)69(99)85-65(51(12)93)76(92)106/h20-21,23-26,30-33,46-51,54-61,64-66,93-94H,18-19,22,27-29,34-45H2,1-17H3,(H,81,97)(H,82,98)(H,83,100)(H,84,95)(H,85,99)/t51-,54+,55+,56+,57+,58+,59+,60+,61?,64-,65+,66+/m1/s1. The van der Waals surface area contributed by atoms with Crippen molar-refractivity contribution in [2.45, 2.75) is 252 Å². The Morgan fingerprint density at radius 2 is 0.991 bits per heavy atom. The molecule has 4 rings (SSSR count). The minimum atomic E-state index is -5.05. The van der Waals surface area contributed by atoms with Crippen LogP contribution in [0.2, 0.25) is 0 Å². The zero-order valence-electron chi connectivity index (χ0n) is 65.4. The molecule has 26 nitrogen and oxygen atoms in total. The molecule has 2 aliphatic heterocycles. The summed E-state index contributed by atoms with van der Waals surface area (Å²) in [5, 5.41) is 35.4. The molecule has 29 heteroatoms. The third-order valence-corrected chi connectivity index (χ3v) is 19.8. The lowest BCUT2D eigenvalue weighted by Crippen LogP contribution is -2.62. The van der Waals surface area contributed by atoms with Crippen molar-refractivity contribution in [3.63, 3.8) is 0 Å². The number of likely N-dealkylation sites (N-methyl/N-ethyl adjacent to an activating group) is 5. The summed E-state index contributed by atoms with van der Waals surface area (Å²) in [4.78, 5) is 189. The Morgan fingerprint density at radius 1 is 0.509 bits per heavy atom. The van der Waals surface area contributed by atoms with E-state index in [1.54, 1.807) is 116 Å². The smallest absolute Gasteiger partial charge is 0.391 e. The van der Waals surface area contributed by atoms with Gasteiger partial charge in [0.25, 0.3) is 0 Å². The lowest BCUT2D eigenvalue weighted by Gasteiger charge is -2.38. The second-order valence-corrected chi connectivity index (χ2v) is 30.7. The number of aliphatic hydroxyl groups excluding tert-OH is 2. The van der Waals surface area contributed by atoms with Gasteiger partial charge in [-0.05, 0) is 112 Å². The summed E-state index contributed by atoms with van der Waals surface area (Å²) in [6.45, 7) is 20.2. The molecule has 106 heavy (non-hydrogen) atoms. The zero-order chi connectivity index (χ0) is 79.8. The minimum absolute atomic E-state index is 0.00937. The van der Waals surface area contributed by atoms with Gasteiger partial charge in [0.2, 0.25) is 70.9 Å². The topological polar surface area (TPSA) is 328 Å². The van der Waals surface area contributed by atoms with Crippen molar-refractivity contribution < 1.29 is 80.9 Å². The number of carbonyl (C=O) groups is 12. The molecule has 2 heterocycles. The number of halogens is 3. The monoisotopic (exact) mass is 1490 g/mol. The van der Waals surface area contributed by atoms with Crippen LogP contribution in [0.15, 0.2) is 60.7 Å². The number of benzene rings is 2. The minimum Gasteiger partial charge on any atom is -0.391 e. The number of unbranched alkanes of at least 4 members (excludes halogenated alkanes) is 1. The van der Waals surface area contributed by atoms with E-state index < -0.39 is 194 Å². The highest BCUT2D eigenvalue weighted by Gasteiger charge is 2.45. The highest BCUT2D eigenvalue weighted by Crippen LogP contribution is 2.27. The molecule has 1 unspecified atom stereocenters. The summed E-state index contributed by atoms with van der Waals surface area (Å²) in [5.74, 6) is -12.2. The Kier molecular flexibility index (Phi) is 36.0. The van der Waals surface area contributed by atoms with Crippen LogP contribution in [0.1, 0.15) is 171 Å². The van der Waals surface area contributed by atoms with Crippen LogP contribution >= 0.6 is 0 Å². The number of nitrogens with one attached hydrogen (secondary N) is 5. The first kappa shape index (κ1) is 90.2. The average molecular weight is 1500 g/mol. The molecule has 7 N–H and O–H groups in total. The summed E-state index contributed by atoms with van der Waals surface area (Å²) < 4.78 is 41.6. The van der Waals surface area contributed by atoms with Crippen molar-refractivity contribution in [1.29, 1.82) is 0 Å². The van der Waals surface area contributed by atoms with E-state index in [2.05, 4.69) is 26.6 Å². The predicted molar refractivity (Wildman–Crippen MR) is 395 cm³/mol. The van der Waals surface area contributed by atoms with Crippen molar-refractivity contribution in [2.75, 3.05) is 61.4 Å². The van der Waals surface area contributed by atoms with Crippen LogP contribution in [-0.2, 0) is 70.4 Å². The van der Waals surface area contributed by atoms with Crippen molar-refractivity contribution in [2.24, 2.45) is 29.6 Å². The third kappa shape index (κ3) is 26.6. The maximum atomic E-state index is 15.5. The number of hydrogen-bond acceptors (Lipinski definition) is 14. The fourth-order valence-corrected chi connectivity index (χ4v) is 13.5. The Labute approximate surface area is 624 Å². The van der Waals surface area contributed by atoms with Crippen molar-refractivity contribution in [1.82, 2.24) is 60.9 Å². The molecule has 0 aromatic heterocycles. The number of rotatable bonds is 21. The molecule has 0 aliphatic carbocycles. The SMILES string of the molecule is CCCCN1CC(=O)N(C)[C@@H](CC(C)C)C(=O)N[C@@H](CCCC(O)C(F)(F)F)C(=O)N(C)[C@@H](Cc2ccccc2)C(=O)N(C)[C@@H](C(C)C)C(=O)N[C@H](C(=O)N2CCCCC2)CC(=O)N[C@H](C(C)C)C(=O)N(C)[C@@H](Cc2ccccc2)C(=O)N[C@@H](CC(C)C)C(=O)N(C)[C@@H](CC(C)C)C(=O)N[C@@H]([C@@H](C)O)C1=O. The van der Waals surface area contributed by atoms with Crippen LogP contribution in [0.3, 0.4) is 0 Å². The summed E-state index contributed by atoms with van der Waals surface area (Å²) in [5.41, 5.74) is 1.13. The molecular weight excluding hydrogens is 1370 g/mol. The highest BCUT2D eigenvalue weighted by molar-refractivity contribution is 6.00. The first-order chi connectivity index (χ1) is 49.6. The van der Waals surface area contributed by atoms with Crippen LogP contribution < -0.4 is 26.6 Å². The molecule has 0 bridgehead atoms. The molecule has 2 aromatic rings. The second kappa shape index (κ2) is 42.4. The number of nitrogens with zero attached hydrogens (tertiary/aromatic N) is 7. The van der Waals surface area contributed by atoms with E-state index in [1.165, 1.54) is 52.0 Å². The third-order valence-electron chi connectivity index (χ3n) is 19.8. The van der Waals surface area contributed by atoms with Gasteiger partial charge in [-0.3, -0.25) is 57.5 Å². The van der Waals surface area contributed by atoms with Gasteiger partial charge in [-0.2, -0.15) is 13.2 Å². The first-order valence-corrected chi connectivity index (χ1v) is 37.5. The number of piperidine rings is 1. The zero-order valence-corrected chi connectivity index (χ0v) is 65.4. The van der Waals surface area contributed by atoms with Crippen LogP contribution in [0.25, 0.3) is 0 Å². The maximum Gasteiger partial charge on any atom is 0.414 e. The van der Waals surface area contributed by atoms with Gasteiger partial charge in [0.15, 0.2) is 0 Å². The van der Waals surface area contributed by atoms with Gasteiger partial charge in [0.1, 0.15) is 66.5 Å². The number of likely N-dealkylation sites (tertiary alicyclic amines) is 1. The van der Waals surface area contributed by atoms with Gasteiger partial charge < -0.3 is 71.1 Å². The van der Waals surface area contributed by atoms with Crippen molar-refractivity contribution in [3.05, 3.63) is 71.8 Å². The van der Waals surface area contributed by atoms with E-state index in [1.807, 2.05) is 20.8 Å². The molecule has 0 spiro atoms. The summed E-state index contributed by atoms with van der Waals surface area (Å²) >= 11 is 0.